The minimum absolute atomic E-state index is 0.0768. The Morgan fingerprint density at radius 3 is 2.69 bits per heavy atom. The first-order valence-electron chi connectivity index (χ1n) is 8.09. The number of nitro groups is 1. The first-order chi connectivity index (χ1) is 12.3. The molecule has 0 aliphatic carbocycles. The lowest BCUT2D eigenvalue weighted by molar-refractivity contribution is -0.385. The number of thioether (sulfide) groups is 1. The van der Waals surface area contributed by atoms with E-state index in [4.69, 9.17) is 5.11 Å². The molecule has 2 aromatic carbocycles. The van der Waals surface area contributed by atoms with Crippen molar-refractivity contribution in [1.82, 2.24) is 0 Å². The number of aromatic carboxylic acids is 1. The molecular formula is C20H17NO4S. The largest absolute Gasteiger partial charge is 0.478 e. The molecule has 1 aliphatic rings. The quantitative estimate of drug-likeness (QED) is 0.481. The number of benzene rings is 2. The number of hydrogen-bond donors (Lipinski definition) is 1. The number of fused-ring (bicyclic) bond motifs is 1. The maximum absolute atomic E-state index is 11.2. The highest BCUT2D eigenvalue weighted by atomic mass is 32.2. The summed E-state index contributed by atoms with van der Waals surface area (Å²) in [6, 6.07) is 9.76. The Bertz CT molecular complexity index is 970. The van der Waals surface area contributed by atoms with Gasteiger partial charge in [0.15, 0.2) is 0 Å². The summed E-state index contributed by atoms with van der Waals surface area (Å²) in [5.41, 5.74) is 1.88. The van der Waals surface area contributed by atoms with Gasteiger partial charge in [-0.2, -0.15) is 0 Å². The van der Waals surface area contributed by atoms with Gasteiger partial charge in [0.05, 0.1) is 10.5 Å². The summed E-state index contributed by atoms with van der Waals surface area (Å²) in [7, 11) is 0. The van der Waals surface area contributed by atoms with Crippen LogP contribution in [0.1, 0.15) is 47.3 Å². The number of carboxylic acid groups (broad SMARTS) is 1. The number of carboxylic acids is 1. The maximum atomic E-state index is 11.2. The van der Waals surface area contributed by atoms with Crippen LogP contribution in [-0.2, 0) is 5.41 Å². The van der Waals surface area contributed by atoms with Crippen molar-refractivity contribution >= 4 is 23.4 Å². The number of nitrogens with zero attached hydrogens (tertiary/aromatic N) is 1. The van der Waals surface area contributed by atoms with Gasteiger partial charge in [-0.1, -0.05) is 25.7 Å². The van der Waals surface area contributed by atoms with E-state index in [0.717, 1.165) is 23.8 Å². The fourth-order valence-electron chi connectivity index (χ4n) is 2.87. The zero-order valence-electron chi connectivity index (χ0n) is 14.4. The Labute approximate surface area is 155 Å². The zero-order chi connectivity index (χ0) is 18.9. The van der Waals surface area contributed by atoms with Crippen molar-refractivity contribution in [2.75, 3.05) is 5.75 Å². The molecule has 5 nitrogen and oxygen atoms in total. The van der Waals surface area contributed by atoms with Crippen LogP contribution in [0, 0.1) is 22.0 Å². The minimum atomic E-state index is -1.21. The molecule has 1 heterocycles. The van der Waals surface area contributed by atoms with Gasteiger partial charge in [0.2, 0.25) is 0 Å². The smallest absolute Gasteiger partial charge is 0.335 e. The van der Waals surface area contributed by atoms with E-state index >= 15 is 0 Å². The van der Waals surface area contributed by atoms with Crippen molar-refractivity contribution in [3.63, 3.8) is 0 Å². The Kier molecular flexibility index (Phi) is 4.75. The molecule has 0 spiro atoms. The topological polar surface area (TPSA) is 80.4 Å². The van der Waals surface area contributed by atoms with E-state index in [2.05, 4.69) is 25.7 Å². The first-order valence-corrected chi connectivity index (χ1v) is 9.07. The van der Waals surface area contributed by atoms with Crippen molar-refractivity contribution in [2.45, 2.75) is 30.6 Å². The van der Waals surface area contributed by atoms with Gasteiger partial charge >= 0.3 is 5.97 Å². The second-order valence-corrected chi connectivity index (χ2v) is 7.87. The molecule has 0 fully saturated rings. The molecule has 0 aromatic heterocycles. The van der Waals surface area contributed by atoms with E-state index in [1.165, 1.54) is 22.6 Å². The first kappa shape index (κ1) is 18.0. The second-order valence-electron chi connectivity index (χ2n) is 6.74. The van der Waals surface area contributed by atoms with Gasteiger partial charge in [0, 0.05) is 16.5 Å². The van der Waals surface area contributed by atoms with Crippen LogP contribution in [0.15, 0.2) is 41.3 Å². The summed E-state index contributed by atoms with van der Waals surface area (Å²) in [6.07, 6.45) is 1.09. The lowest BCUT2D eigenvalue weighted by Gasteiger charge is -2.32. The fraction of sp³-hybridized carbons (Fsp3) is 0.250. The van der Waals surface area contributed by atoms with Crippen LogP contribution in [0.4, 0.5) is 5.69 Å². The van der Waals surface area contributed by atoms with Gasteiger partial charge in [0.1, 0.15) is 5.56 Å². The van der Waals surface area contributed by atoms with Crippen LogP contribution in [0.2, 0.25) is 0 Å². The summed E-state index contributed by atoms with van der Waals surface area (Å²) in [4.78, 5) is 22.9. The van der Waals surface area contributed by atoms with E-state index in [9.17, 15) is 14.9 Å². The van der Waals surface area contributed by atoms with Gasteiger partial charge in [-0.05, 0) is 53.5 Å². The highest BCUT2D eigenvalue weighted by molar-refractivity contribution is 7.99. The van der Waals surface area contributed by atoms with E-state index in [1.807, 2.05) is 30.0 Å². The monoisotopic (exact) mass is 367 g/mol. The lowest BCUT2D eigenvalue weighted by Crippen LogP contribution is -2.22. The van der Waals surface area contributed by atoms with Crippen molar-refractivity contribution in [3.05, 3.63) is 68.8 Å². The number of hydrogen-bond acceptors (Lipinski definition) is 4. The Balaban J connectivity index is 2.00. The highest BCUT2D eigenvalue weighted by Crippen LogP contribution is 2.41. The maximum Gasteiger partial charge on any atom is 0.335 e. The van der Waals surface area contributed by atoms with Gasteiger partial charge < -0.3 is 5.11 Å². The molecule has 0 radical (unpaired) electrons. The van der Waals surface area contributed by atoms with Crippen molar-refractivity contribution in [3.8, 4) is 11.8 Å². The molecule has 0 saturated carbocycles. The van der Waals surface area contributed by atoms with Gasteiger partial charge in [-0.25, -0.2) is 4.79 Å². The molecule has 0 amide bonds. The van der Waals surface area contributed by atoms with E-state index < -0.39 is 10.9 Å². The molecule has 26 heavy (non-hydrogen) atoms. The SMILES string of the molecule is CC1(C)CCSc2ccc(C#Cc3ccc(C(=O)O)cc3[N+](=O)[O-])cc21. The summed E-state index contributed by atoms with van der Waals surface area (Å²) in [6.45, 7) is 4.41. The number of carbonyl (C=O) groups is 1. The molecule has 1 N–H and O–H groups in total. The predicted octanol–water partition coefficient (Wildman–Crippen LogP) is 4.47. The summed E-state index contributed by atoms with van der Waals surface area (Å²) >= 11 is 1.83. The minimum Gasteiger partial charge on any atom is -0.478 e. The molecule has 6 heteroatoms. The third-order valence-electron chi connectivity index (χ3n) is 4.48. The predicted molar refractivity (Wildman–Crippen MR) is 101 cm³/mol. The third kappa shape index (κ3) is 3.58. The number of nitro benzene ring substituents is 1. The normalized spacial score (nSPS) is 14.7. The van der Waals surface area contributed by atoms with E-state index in [0.29, 0.717) is 0 Å². The van der Waals surface area contributed by atoms with Crippen LogP contribution in [0.3, 0.4) is 0 Å². The summed E-state index contributed by atoms with van der Waals surface area (Å²) < 4.78 is 0. The molecule has 2 aromatic rings. The molecule has 1 aliphatic heterocycles. The molecule has 132 valence electrons. The molecule has 0 unspecified atom stereocenters. The van der Waals surface area contributed by atoms with Gasteiger partial charge in [0.25, 0.3) is 5.69 Å². The van der Waals surface area contributed by atoms with Crippen molar-refractivity contribution in [2.24, 2.45) is 0 Å². The van der Waals surface area contributed by atoms with Gasteiger partial charge in [-0.15, -0.1) is 11.8 Å². The van der Waals surface area contributed by atoms with E-state index in [-0.39, 0.29) is 22.2 Å². The van der Waals surface area contributed by atoms with Crippen LogP contribution in [0.5, 0.6) is 0 Å². The Morgan fingerprint density at radius 1 is 1.23 bits per heavy atom. The summed E-state index contributed by atoms with van der Waals surface area (Å²) in [5.74, 6) is 5.69. The number of rotatable bonds is 2. The Morgan fingerprint density at radius 2 is 2.00 bits per heavy atom. The van der Waals surface area contributed by atoms with Gasteiger partial charge in [-0.3, -0.25) is 10.1 Å². The standard InChI is InChI=1S/C20H17NO4S/c1-20(2)9-10-26-18-8-4-13(11-16(18)20)3-5-14-6-7-15(19(22)23)12-17(14)21(24)25/h4,6-8,11-12H,9-10H2,1-2H3,(H,22,23). The molecule has 0 saturated heterocycles. The third-order valence-corrected chi connectivity index (χ3v) is 5.55. The zero-order valence-corrected chi connectivity index (χ0v) is 15.2. The van der Waals surface area contributed by atoms with Crippen LogP contribution < -0.4 is 0 Å². The molecule has 0 atom stereocenters. The van der Waals surface area contributed by atoms with Crippen LogP contribution in [-0.4, -0.2) is 21.8 Å². The second kappa shape index (κ2) is 6.85. The molecule has 0 bridgehead atoms. The Hall–Kier alpha value is -2.78. The van der Waals surface area contributed by atoms with Crippen LogP contribution in [0.25, 0.3) is 0 Å². The fourth-order valence-corrected chi connectivity index (χ4v) is 4.36. The average molecular weight is 367 g/mol. The van der Waals surface area contributed by atoms with Crippen molar-refractivity contribution in [1.29, 1.82) is 0 Å². The highest BCUT2D eigenvalue weighted by Gasteiger charge is 2.27. The van der Waals surface area contributed by atoms with Crippen molar-refractivity contribution < 1.29 is 14.8 Å². The summed E-state index contributed by atoms with van der Waals surface area (Å²) in [5, 5.41) is 20.2. The van der Waals surface area contributed by atoms with E-state index in [1.54, 1.807) is 0 Å². The van der Waals surface area contributed by atoms with Crippen LogP contribution >= 0.6 is 11.8 Å². The molecular weight excluding hydrogens is 350 g/mol. The average Bonchev–Trinajstić information content (AvgIpc) is 2.59. The molecule has 3 rings (SSSR count). The lowest BCUT2D eigenvalue weighted by atomic mass is 9.81.